The fourth-order valence-electron chi connectivity index (χ4n) is 6.37. The van der Waals surface area contributed by atoms with Crippen LogP contribution < -0.4 is 10.3 Å². The van der Waals surface area contributed by atoms with Crippen molar-refractivity contribution in [1.29, 1.82) is 0 Å². The molecule has 6 rings (SSSR count). The van der Waals surface area contributed by atoms with E-state index in [1.165, 1.54) is 24.8 Å². The van der Waals surface area contributed by atoms with Crippen LogP contribution in [0.5, 0.6) is 5.75 Å². The number of methoxy groups -OCH3 is 1. The van der Waals surface area contributed by atoms with E-state index in [-0.39, 0.29) is 23.7 Å². The molecule has 2 aromatic carbocycles. The number of H-pyrrole nitrogens is 1. The van der Waals surface area contributed by atoms with E-state index in [0.717, 1.165) is 49.2 Å². The monoisotopic (exact) mass is 527 g/mol. The maximum absolute atomic E-state index is 13.4. The maximum Gasteiger partial charge on any atom is 0.277 e. The van der Waals surface area contributed by atoms with Crippen molar-refractivity contribution < 1.29 is 9.84 Å². The summed E-state index contributed by atoms with van der Waals surface area (Å²) in [6.45, 7) is 3.56. The highest BCUT2D eigenvalue weighted by molar-refractivity contribution is 5.79. The number of aromatic nitrogens is 4. The molecule has 0 radical (unpaired) electrons. The van der Waals surface area contributed by atoms with Crippen LogP contribution in [0.2, 0.25) is 0 Å². The zero-order valence-electron chi connectivity index (χ0n) is 22.8. The van der Waals surface area contributed by atoms with Gasteiger partial charge in [-0.15, -0.1) is 0 Å². The van der Waals surface area contributed by atoms with Crippen molar-refractivity contribution in [2.24, 2.45) is 0 Å². The van der Waals surface area contributed by atoms with Gasteiger partial charge >= 0.3 is 0 Å². The van der Waals surface area contributed by atoms with Crippen LogP contribution in [0.1, 0.15) is 73.9 Å². The van der Waals surface area contributed by atoms with Crippen LogP contribution in [0, 0.1) is 6.92 Å². The second-order valence-electron chi connectivity index (χ2n) is 11.0. The number of piperidine rings is 1. The molecule has 2 N–H and O–H groups in total. The molecule has 2 aliphatic rings. The predicted molar refractivity (Wildman–Crippen MR) is 152 cm³/mol. The molecule has 0 bridgehead atoms. The standard InChI is InChI=1S/C31H37N5O3/c1-20-28-29(36(34-20)23-11-7-4-8-12-23)31(38)33-30(32-28)25-14-13-22(17-27(25)39-2)26-18-24(37)15-16-35(26)19-21-9-5-3-6-10-21/h3,5-6,9-10,13-14,17,23-24,26,37H,4,7-8,11-12,15-16,18-19H2,1-2H3,(H,32,33,38). The Morgan fingerprint density at radius 2 is 1.87 bits per heavy atom. The molecule has 2 unspecified atom stereocenters. The largest absolute Gasteiger partial charge is 0.496 e. The summed E-state index contributed by atoms with van der Waals surface area (Å²) in [5.41, 5.74) is 4.87. The number of aliphatic hydroxyl groups excluding tert-OH is 1. The lowest BCUT2D eigenvalue weighted by Gasteiger charge is -2.38. The number of nitrogens with zero attached hydrogens (tertiary/aromatic N) is 4. The Bertz CT molecular complexity index is 1510. The number of hydrogen-bond acceptors (Lipinski definition) is 6. The maximum atomic E-state index is 13.4. The summed E-state index contributed by atoms with van der Waals surface area (Å²) in [5.74, 6) is 1.12. The average Bonchev–Trinajstić information content (AvgIpc) is 3.31. The zero-order valence-corrected chi connectivity index (χ0v) is 22.8. The van der Waals surface area contributed by atoms with E-state index in [1.54, 1.807) is 7.11 Å². The molecule has 1 aliphatic heterocycles. The Kier molecular flexibility index (Phi) is 7.23. The fourth-order valence-corrected chi connectivity index (χ4v) is 6.37. The number of ether oxygens (including phenoxy) is 1. The van der Waals surface area contributed by atoms with E-state index in [1.807, 2.05) is 29.8 Å². The molecular formula is C31H37N5O3. The third-order valence-electron chi connectivity index (χ3n) is 8.42. The van der Waals surface area contributed by atoms with Gasteiger partial charge in [-0.3, -0.25) is 14.4 Å². The van der Waals surface area contributed by atoms with Crippen molar-refractivity contribution in [2.45, 2.75) is 76.6 Å². The van der Waals surface area contributed by atoms with Crippen molar-refractivity contribution in [3.8, 4) is 17.1 Å². The van der Waals surface area contributed by atoms with Crippen molar-refractivity contribution in [1.82, 2.24) is 24.6 Å². The molecule has 2 aromatic heterocycles. The van der Waals surface area contributed by atoms with Gasteiger partial charge in [0.2, 0.25) is 0 Å². The van der Waals surface area contributed by atoms with E-state index in [0.29, 0.717) is 29.0 Å². The molecule has 2 fully saturated rings. The molecule has 0 amide bonds. The van der Waals surface area contributed by atoms with Gasteiger partial charge in [-0.05, 0) is 55.9 Å². The van der Waals surface area contributed by atoms with Gasteiger partial charge < -0.3 is 14.8 Å². The van der Waals surface area contributed by atoms with Crippen molar-refractivity contribution in [2.75, 3.05) is 13.7 Å². The third-order valence-corrected chi connectivity index (χ3v) is 8.42. The summed E-state index contributed by atoms with van der Waals surface area (Å²) in [6, 6.07) is 16.8. The number of hydrogen-bond donors (Lipinski definition) is 2. The smallest absolute Gasteiger partial charge is 0.277 e. The van der Waals surface area contributed by atoms with Crippen LogP contribution in [0.15, 0.2) is 53.3 Å². The average molecular weight is 528 g/mol. The van der Waals surface area contributed by atoms with E-state index in [4.69, 9.17) is 14.8 Å². The number of aromatic amines is 1. The lowest BCUT2D eigenvalue weighted by molar-refractivity contribution is 0.0363. The molecule has 8 heteroatoms. The second-order valence-corrected chi connectivity index (χ2v) is 11.0. The minimum atomic E-state index is -0.336. The molecule has 4 aromatic rings. The zero-order chi connectivity index (χ0) is 26.9. The van der Waals surface area contributed by atoms with Crippen molar-refractivity contribution in [3.05, 3.63) is 75.7 Å². The van der Waals surface area contributed by atoms with Crippen LogP contribution in [0.4, 0.5) is 0 Å². The van der Waals surface area contributed by atoms with Crippen LogP contribution in [-0.2, 0) is 6.54 Å². The molecule has 1 saturated carbocycles. The number of benzene rings is 2. The fraction of sp³-hybridized carbons (Fsp3) is 0.452. The van der Waals surface area contributed by atoms with Gasteiger partial charge in [0.15, 0.2) is 5.52 Å². The van der Waals surface area contributed by atoms with Crippen molar-refractivity contribution >= 4 is 11.0 Å². The molecule has 1 aliphatic carbocycles. The molecule has 2 atom stereocenters. The number of fused-ring (bicyclic) bond motifs is 1. The number of nitrogens with one attached hydrogen (secondary N) is 1. The third kappa shape index (κ3) is 5.11. The molecule has 3 heterocycles. The van der Waals surface area contributed by atoms with E-state index < -0.39 is 0 Å². The summed E-state index contributed by atoms with van der Waals surface area (Å²) in [6.07, 6.45) is 6.75. The van der Waals surface area contributed by atoms with Crippen molar-refractivity contribution in [3.63, 3.8) is 0 Å². The summed E-state index contributed by atoms with van der Waals surface area (Å²) in [7, 11) is 1.64. The molecule has 0 spiro atoms. The normalized spacial score (nSPS) is 20.9. The molecule has 1 saturated heterocycles. The highest BCUT2D eigenvalue weighted by Crippen LogP contribution is 2.37. The van der Waals surface area contributed by atoms with Gasteiger partial charge in [-0.25, -0.2) is 4.98 Å². The number of likely N-dealkylation sites (tertiary alicyclic amines) is 1. The number of aryl methyl sites for hydroxylation is 1. The van der Waals surface area contributed by atoms with Gasteiger partial charge in [-0.1, -0.05) is 55.7 Å². The highest BCUT2D eigenvalue weighted by atomic mass is 16.5. The summed E-state index contributed by atoms with van der Waals surface area (Å²) in [4.78, 5) is 23.7. The number of rotatable bonds is 6. The Labute approximate surface area is 228 Å². The second kappa shape index (κ2) is 10.9. The summed E-state index contributed by atoms with van der Waals surface area (Å²) < 4.78 is 7.74. The van der Waals surface area contributed by atoms with Gasteiger partial charge in [0.25, 0.3) is 5.56 Å². The summed E-state index contributed by atoms with van der Waals surface area (Å²) >= 11 is 0. The SMILES string of the molecule is COc1cc(C2CC(O)CCN2Cc2ccccc2)ccc1-c1nc2c(C)nn(C3CCCCC3)c2c(=O)[nH]1. The summed E-state index contributed by atoms with van der Waals surface area (Å²) in [5, 5.41) is 15.3. The Morgan fingerprint density at radius 3 is 2.64 bits per heavy atom. The Morgan fingerprint density at radius 1 is 1.08 bits per heavy atom. The molecule has 39 heavy (non-hydrogen) atoms. The molecule has 8 nitrogen and oxygen atoms in total. The minimum Gasteiger partial charge on any atom is -0.496 e. The highest BCUT2D eigenvalue weighted by Gasteiger charge is 2.30. The Balaban J connectivity index is 1.35. The quantitative estimate of drug-likeness (QED) is 0.353. The number of aliphatic hydroxyl groups is 1. The van der Waals surface area contributed by atoms with Gasteiger partial charge in [0, 0.05) is 19.1 Å². The van der Waals surface area contributed by atoms with Crippen LogP contribution in [0.3, 0.4) is 0 Å². The first-order valence-corrected chi connectivity index (χ1v) is 14.2. The minimum absolute atomic E-state index is 0.0577. The first-order valence-electron chi connectivity index (χ1n) is 14.2. The van der Waals surface area contributed by atoms with Gasteiger partial charge in [0.05, 0.1) is 30.5 Å². The lowest BCUT2D eigenvalue weighted by Crippen LogP contribution is -2.38. The Hall–Kier alpha value is -3.49. The predicted octanol–water partition coefficient (Wildman–Crippen LogP) is 5.31. The van der Waals surface area contributed by atoms with Crippen LogP contribution >= 0.6 is 0 Å². The van der Waals surface area contributed by atoms with Crippen LogP contribution in [0.25, 0.3) is 22.4 Å². The molecular weight excluding hydrogens is 490 g/mol. The lowest BCUT2D eigenvalue weighted by atomic mass is 9.92. The van der Waals surface area contributed by atoms with Gasteiger partial charge in [-0.2, -0.15) is 5.10 Å². The first kappa shape index (κ1) is 25.8. The topological polar surface area (TPSA) is 96.3 Å². The van der Waals surface area contributed by atoms with E-state index >= 15 is 0 Å². The van der Waals surface area contributed by atoms with E-state index in [9.17, 15) is 9.90 Å². The first-order chi connectivity index (χ1) is 19.0. The van der Waals surface area contributed by atoms with Gasteiger partial charge in [0.1, 0.15) is 17.1 Å². The van der Waals surface area contributed by atoms with Crippen LogP contribution in [-0.4, -0.2) is 49.5 Å². The van der Waals surface area contributed by atoms with E-state index in [2.05, 4.69) is 40.2 Å². The molecule has 204 valence electrons.